The number of halogens is 1. The summed E-state index contributed by atoms with van der Waals surface area (Å²) in [4.78, 5) is 44.4. The van der Waals surface area contributed by atoms with Gasteiger partial charge < -0.3 is 19.5 Å². The molecule has 0 bridgehead atoms. The molecule has 0 unspecified atom stereocenters. The van der Waals surface area contributed by atoms with Crippen molar-refractivity contribution < 1.29 is 23.8 Å². The highest BCUT2D eigenvalue weighted by molar-refractivity contribution is 7.07. The van der Waals surface area contributed by atoms with Crippen LogP contribution in [0.5, 0.6) is 11.5 Å². The molecule has 1 aliphatic heterocycles. The van der Waals surface area contributed by atoms with E-state index in [1.807, 2.05) is 25.1 Å². The summed E-state index contributed by atoms with van der Waals surface area (Å²) in [6, 6.07) is 18.9. The maximum Gasteiger partial charge on any atom is 0.338 e. The molecule has 9 nitrogen and oxygen atoms in total. The van der Waals surface area contributed by atoms with Crippen LogP contribution in [0.2, 0.25) is 5.02 Å². The minimum Gasteiger partial charge on any atom is -0.493 e. The molecule has 2 heterocycles. The number of aryl methyl sites for hydroxylation is 1. The number of carbonyl (C=O) groups is 2. The SMILES string of the molecule is CCOC(=O)C1=C(C)N=c2s/c(=C\c3ccc(OCC(=O)Nc4cccc(C)c4)c(OC)c3)c(=O)n2[C@@H]1c1ccccc1Cl. The van der Waals surface area contributed by atoms with Crippen LogP contribution >= 0.6 is 22.9 Å². The molecule has 1 aliphatic rings. The van der Waals surface area contributed by atoms with Gasteiger partial charge in [-0.05, 0) is 73.9 Å². The van der Waals surface area contributed by atoms with Gasteiger partial charge in [-0.15, -0.1) is 0 Å². The van der Waals surface area contributed by atoms with Crippen LogP contribution in [-0.4, -0.2) is 36.8 Å². The number of thiazole rings is 1. The van der Waals surface area contributed by atoms with Gasteiger partial charge in [0.05, 0.1) is 29.5 Å². The van der Waals surface area contributed by atoms with Gasteiger partial charge in [0.1, 0.15) is 6.04 Å². The number of hydrogen-bond donors (Lipinski definition) is 1. The molecule has 44 heavy (non-hydrogen) atoms. The number of anilines is 1. The van der Waals surface area contributed by atoms with Gasteiger partial charge in [-0.2, -0.15) is 0 Å². The Hall–Kier alpha value is -4.67. The van der Waals surface area contributed by atoms with E-state index in [0.29, 0.717) is 48.4 Å². The van der Waals surface area contributed by atoms with Crippen molar-refractivity contribution in [3.05, 3.63) is 119 Å². The molecule has 0 saturated carbocycles. The van der Waals surface area contributed by atoms with E-state index in [9.17, 15) is 14.4 Å². The summed E-state index contributed by atoms with van der Waals surface area (Å²) in [5, 5.41) is 3.22. The Morgan fingerprint density at radius 2 is 1.86 bits per heavy atom. The Kier molecular flexibility index (Phi) is 9.32. The van der Waals surface area contributed by atoms with Gasteiger partial charge in [0.2, 0.25) is 0 Å². The molecule has 0 spiro atoms. The van der Waals surface area contributed by atoms with Crippen LogP contribution < -0.4 is 29.7 Å². The molecule has 1 amide bonds. The van der Waals surface area contributed by atoms with Gasteiger partial charge in [0.15, 0.2) is 22.9 Å². The van der Waals surface area contributed by atoms with Gasteiger partial charge in [-0.1, -0.05) is 59.3 Å². The smallest absolute Gasteiger partial charge is 0.338 e. The first-order chi connectivity index (χ1) is 21.2. The summed E-state index contributed by atoms with van der Waals surface area (Å²) in [5.41, 5.74) is 3.35. The lowest BCUT2D eigenvalue weighted by molar-refractivity contribution is -0.139. The molecule has 0 saturated heterocycles. The summed E-state index contributed by atoms with van der Waals surface area (Å²) < 4.78 is 18.5. The van der Waals surface area contributed by atoms with Crippen LogP contribution in [0, 0.1) is 6.92 Å². The van der Waals surface area contributed by atoms with Crippen molar-refractivity contribution in [1.82, 2.24) is 4.57 Å². The average molecular weight is 632 g/mol. The third-order valence-corrected chi connectivity index (χ3v) is 8.19. The molecular formula is C33H30ClN3O6S. The van der Waals surface area contributed by atoms with Crippen LogP contribution in [-0.2, 0) is 14.3 Å². The number of esters is 1. The molecule has 11 heteroatoms. The first kappa shape index (κ1) is 30.8. The molecule has 0 radical (unpaired) electrons. The van der Waals surface area contributed by atoms with E-state index in [2.05, 4.69) is 10.3 Å². The number of nitrogens with zero attached hydrogens (tertiary/aromatic N) is 2. The highest BCUT2D eigenvalue weighted by Gasteiger charge is 2.34. The van der Waals surface area contributed by atoms with Crippen LogP contribution in [0.4, 0.5) is 5.69 Å². The third-order valence-electron chi connectivity index (χ3n) is 6.86. The average Bonchev–Trinajstić information content (AvgIpc) is 3.29. The summed E-state index contributed by atoms with van der Waals surface area (Å²) in [7, 11) is 1.50. The highest BCUT2D eigenvalue weighted by atomic mass is 35.5. The molecule has 1 aromatic heterocycles. The summed E-state index contributed by atoms with van der Waals surface area (Å²) in [6.45, 7) is 5.34. The Balaban J connectivity index is 1.47. The molecule has 0 aliphatic carbocycles. The van der Waals surface area contributed by atoms with Crippen LogP contribution in [0.1, 0.15) is 36.6 Å². The predicted molar refractivity (Wildman–Crippen MR) is 170 cm³/mol. The number of allylic oxidation sites excluding steroid dienone is 1. The quantitative estimate of drug-likeness (QED) is 0.266. The van der Waals surface area contributed by atoms with Crippen molar-refractivity contribution in [3.8, 4) is 11.5 Å². The minimum atomic E-state index is -0.808. The van der Waals surface area contributed by atoms with E-state index in [4.69, 9.17) is 25.8 Å². The predicted octanol–water partition coefficient (Wildman–Crippen LogP) is 4.79. The van der Waals surface area contributed by atoms with E-state index >= 15 is 0 Å². The Morgan fingerprint density at radius 3 is 2.59 bits per heavy atom. The van der Waals surface area contributed by atoms with Crippen molar-refractivity contribution in [2.24, 2.45) is 4.99 Å². The Morgan fingerprint density at radius 1 is 1.07 bits per heavy atom. The number of fused-ring (bicyclic) bond motifs is 1. The van der Waals surface area contributed by atoms with E-state index in [-0.39, 0.29) is 30.3 Å². The first-order valence-corrected chi connectivity index (χ1v) is 15.0. The second kappa shape index (κ2) is 13.3. The number of hydrogen-bond acceptors (Lipinski definition) is 8. The molecule has 1 N–H and O–H groups in total. The van der Waals surface area contributed by atoms with Gasteiger partial charge in [0, 0.05) is 10.7 Å². The van der Waals surface area contributed by atoms with Crippen LogP contribution in [0.15, 0.2) is 87.8 Å². The van der Waals surface area contributed by atoms with Crippen molar-refractivity contribution in [2.75, 3.05) is 25.6 Å². The number of amides is 1. The lowest BCUT2D eigenvalue weighted by atomic mass is 9.96. The summed E-state index contributed by atoms with van der Waals surface area (Å²) in [5.74, 6) is -0.0996. The molecule has 3 aromatic carbocycles. The largest absolute Gasteiger partial charge is 0.493 e. The third kappa shape index (κ3) is 6.46. The molecule has 1 atom stereocenters. The van der Waals surface area contributed by atoms with Gasteiger partial charge >= 0.3 is 5.97 Å². The zero-order valence-electron chi connectivity index (χ0n) is 24.5. The van der Waals surface area contributed by atoms with Gasteiger partial charge in [-0.3, -0.25) is 14.2 Å². The number of methoxy groups -OCH3 is 1. The maximum absolute atomic E-state index is 13.9. The van der Waals surface area contributed by atoms with E-state index < -0.39 is 12.0 Å². The number of carbonyl (C=O) groups excluding carboxylic acids is 2. The maximum atomic E-state index is 13.9. The number of ether oxygens (including phenoxy) is 3. The molecule has 4 aromatic rings. The highest BCUT2D eigenvalue weighted by Crippen LogP contribution is 2.34. The van der Waals surface area contributed by atoms with Crippen molar-refractivity contribution in [2.45, 2.75) is 26.8 Å². The minimum absolute atomic E-state index is 0.175. The number of rotatable bonds is 9. The topological polar surface area (TPSA) is 108 Å². The molecule has 0 fully saturated rings. The zero-order chi connectivity index (χ0) is 31.4. The molecule has 226 valence electrons. The fourth-order valence-corrected chi connectivity index (χ4v) is 6.18. The van der Waals surface area contributed by atoms with E-state index in [1.54, 1.807) is 68.5 Å². The zero-order valence-corrected chi connectivity index (χ0v) is 26.1. The van der Waals surface area contributed by atoms with Crippen LogP contribution in [0.3, 0.4) is 0 Å². The van der Waals surface area contributed by atoms with Crippen molar-refractivity contribution in [1.29, 1.82) is 0 Å². The lowest BCUT2D eigenvalue weighted by Crippen LogP contribution is -2.40. The molecule has 5 rings (SSSR count). The van der Waals surface area contributed by atoms with Crippen molar-refractivity contribution in [3.63, 3.8) is 0 Å². The fraction of sp³-hybridized carbons (Fsp3) is 0.212. The Bertz CT molecular complexity index is 1960. The number of benzene rings is 3. The van der Waals surface area contributed by atoms with E-state index in [0.717, 1.165) is 5.56 Å². The first-order valence-electron chi connectivity index (χ1n) is 13.8. The normalized spacial score (nSPS) is 14.5. The second-order valence-corrected chi connectivity index (χ2v) is 11.4. The summed E-state index contributed by atoms with van der Waals surface area (Å²) in [6.07, 6.45) is 1.72. The lowest BCUT2D eigenvalue weighted by Gasteiger charge is -2.25. The summed E-state index contributed by atoms with van der Waals surface area (Å²) >= 11 is 7.77. The number of nitrogens with one attached hydrogen (secondary N) is 1. The number of aromatic nitrogens is 1. The fourth-order valence-electron chi connectivity index (χ4n) is 4.89. The van der Waals surface area contributed by atoms with Crippen molar-refractivity contribution >= 4 is 46.6 Å². The van der Waals surface area contributed by atoms with E-state index in [1.165, 1.54) is 23.0 Å². The van der Waals surface area contributed by atoms with Crippen LogP contribution in [0.25, 0.3) is 6.08 Å². The van der Waals surface area contributed by atoms with Gasteiger partial charge in [0.25, 0.3) is 11.5 Å². The second-order valence-electron chi connectivity index (χ2n) is 9.94. The monoisotopic (exact) mass is 631 g/mol. The molecular weight excluding hydrogens is 602 g/mol. The standard InChI is InChI=1S/C33H30ClN3O6S/c1-5-42-32(40)29-20(3)35-33-37(30(29)23-11-6-7-12-24(23)34)31(39)27(44-33)17-21-13-14-25(26(16-21)41-4)43-18-28(38)36-22-10-8-9-19(2)15-22/h6-17,30H,5,18H2,1-4H3,(H,36,38)/b27-17-/t30-/m1/s1. The Labute approximate surface area is 262 Å². The van der Waals surface area contributed by atoms with Gasteiger partial charge in [-0.25, -0.2) is 9.79 Å².